The van der Waals surface area contributed by atoms with Crippen LogP contribution in [-0.4, -0.2) is 24.1 Å². The second kappa shape index (κ2) is 19.1. The van der Waals surface area contributed by atoms with Crippen molar-refractivity contribution in [3.05, 3.63) is 278 Å². The van der Waals surface area contributed by atoms with Crippen molar-refractivity contribution < 1.29 is 0 Å². The molecule has 0 radical (unpaired) electrons. The summed E-state index contributed by atoms with van der Waals surface area (Å²) < 4.78 is 4.54. The lowest BCUT2D eigenvalue weighted by Gasteiger charge is -2.17. The zero-order chi connectivity index (χ0) is 52.1. The standard InChI is InChI=1S/C71H43N7/c1-73-56-32-38-68(78-65-36-30-54(49-21-11-4-12-22-49)42-59(65)60-43-55(31-37-66(60)78)50-23-13-5-14-24-50)62(44-56)71-75-69(51-25-15-6-16-26-51)74-70(76-71)61-39-46(45-72)27-33-67(61)77-63-34-28-52(47-17-7-2-8-18-47)40-57(63)58-41-53(29-35-64(58)77)48-19-9-3-10-20-48/h2-44H. The molecule has 78 heavy (non-hydrogen) atoms. The SMILES string of the molecule is [C-]#[N+]c1ccc(-n2c3ccc(-c4ccccc4)cc3c3cc(-c4ccccc4)ccc32)c(-c2nc(-c3ccccc3)nc(-c3cc(C#N)ccc3-n3c4ccc(-c5ccccc5)cc4c4cc(-c5ccccc5)ccc43)n2)c1. The molecule has 0 unspecified atom stereocenters. The minimum absolute atomic E-state index is 0.379. The van der Waals surface area contributed by atoms with Gasteiger partial charge in [0.15, 0.2) is 23.2 Å². The second-order valence-corrected chi connectivity index (χ2v) is 19.4. The molecule has 0 aliphatic heterocycles. The van der Waals surface area contributed by atoms with Gasteiger partial charge in [-0.3, -0.25) is 0 Å². The summed E-state index contributed by atoms with van der Waals surface area (Å²) in [7, 11) is 0. The number of aromatic nitrogens is 5. The van der Waals surface area contributed by atoms with Crippen LogP contribution in [0.2, 0.25) is 0 Å². The highest BCUT2D eigenvalue weighted by molar-refractivity contribution is 6.13. The van der Waals surface area contributed by atoms with E-state index in [9.17, 15) is 5.26 Å². The first-order valence-electron chi connectivity index (χ1n) is 25.8. The quantitative estimate of drug-likeness (QED) is 0.135. The summed E-state index contributed by atoms with van der Waals surface area (Å²) in [6.45, 7) is 8.32. The van der Waals surface area contributed by atoms with Gasteiger partial charge >= 0.3 is 0 Å². The maximum atomic E-state index is 10.6. The molecule has 0 amide bonds. The van der Waals surface area contributed by atoms with Gasteiger partial charge in [0, 0.05) is 38.2 Å². The average molecular weight is 994 g/mol. The van der Waals surface area contributed by atoms with E-state index in [0.29, 0.717) is 39.9 Å². The summed E-state index contributed by atoms with van der Waals surface area (Å²) in [6, 6.07) is 92.3. The molecule has 11 aromatic carbocycles. The van der Waals surface area contributed by atoms with Crippen molar-refractivity contribution in [2.45, 2.75) is 0 Å². The molecule has 3 heterocycles. The van der Waals surface area contributed by atoms with Crippen LogP contribution in [-0.2, 0) is 0 Å². The summed E-state index contributed by atoms with van der Waals surface area (Å²) in [5.74, 6) is 1.21. The topological polar surface area (TPSA) is 76.7 Å². The van der Waals surface area contributed by atoms with Gasteiger partial charge < -0.3 is 9.13 Å². The molecule has 0 spiro atoms. The average Bonchev–Trinajstić information content (AvgIpc) is 4.16. The Hall–Kier alpha value is -11.0. The smallest absolute Gasteiger partial charge is 0.188 e. The van der Waals surface area contributed by atoms with Crippen LogP contribution in [0.5, 0.6) is 0 Å². The molecule has 0 bridgehead atoms. The van der Waals surface area contributed by atoms with Crippen LogP contribution in [0.15, 0.2) is 261 Å². The van der Waals surface area contributed by atoms with Crippen LogP contribution in [0.3, 0.4) is 0 Å². The lowest BCUT2D eigenvalue weighted by molar-refractivity contribution is 1.06. The van der Waals surface area contributed by atoms with E-state index in [0.717, 1.165) is 105 Å². The van der Waals surface area contributed by atoms with Crippen LogP contribution >= 0.6 is 0 Å². The largest absolute Gasteiger partial charge is 0.309 e. The molecule has 14 aromatic rings. The molecule has 14 rings (SSSR count). The summed E-state index contributed by atoms with van der Waals surface area (Å²) in [5.41, 5.74) is 17.5. The zero-order valence-electron chi connectivity index (χ0n) is 42.0. The number of hydrogen-bond donors (Lipinski definition) is 0. The first-order valence-corrected chi connectivity index (χ1v) is 25.8. The van der Waals surface area contributed by atoms with Gasteiger partial charge in [-0.05, 0) is 123 Å². The van der Waals surface area contributed by atoms with Crippen molar-refractivity contribution in [2.24, 2.45) is 0 Å². The van der Waals surface area contributed by atoms with Crippen LogP contribution in [0, 0.1) is 17.9 Å². The number of hydrogen-bond acceptors (Lipinski definition) is 4. The van der Waals surface area contributed by atoms with Gasteiger partial charge in [0.1, 0.15) is 0 Å². The molecule has 0 fully saturated rings. The first-order chi connectivity index (χ1) is 38.6. The Morgan fingerprint density at radius 2 is 0.654 bits per heavy atom. The molecule has 0 saturated heterocycles. The van der Waals surface area contributed by atoms with Gasteiger partial charge in [-0.2, -0.15) is 5.26 Å². The van der Waals surface area contributed by atoms with Crippen molar-refractivity contribution in [3.63, 3.8) is 0 Å². The highest BCUT2D eigenvalue weighted by atomic mass is 15.1. The van der Waals surface area contributed by atoms with Crippen molar-refractivity contribution in [1.29, 1.82) is 5.26 Å². The summed E-state index contributed by atoms with van der Waals surface area (Å²) in [6.07, 6.45) is 0. The molecule has 0 aliphatic carbocycles. The van der Waals surface area contributed by atoms with E-state index in [1.807, 2.05) is 91.0 Å². The van der Waals surface area contributed by atoms with E-state index >= 15 is 0 Å². The Morgan fingerprint density at radius 1 is 0.321 bits per heavy atom. The number of nitriles is 1. The Labute approximate surface area is 450 Å². The van der Waals surface area contributed by atoms with Crippen LogP contribution in [0.1, 0.15) is 5.56 Å². The fraction of sp³-hybridized carbons (Fsp3) is 0. The second-order valence-electron chi connectivity index (χ2n) is 19.4. The van der Waals surface area contributed by atoms with Crippen LogP contribution < -0.4 is 0 Å². The third kappa shape index (κ3) is 7.95. The van der Waals surface area contributed by atoms with Gasteiger partial charge in [0.05, 0.1) is 51.6 Å². The predicted molar refractivity (Wildman–Crippen MR) is 318 cm³/mol. The van der Waals surface area contributed by atoms with E-state index in [4.69, 9.17) is 21.5 Å². The van der Waals surface area contributed by atoms with E-state index in [1.165, 1.54) is 0 Å². The van der Waals surface area contributed by atoms with Crippen molar-refractivity contribution >= 4 is 49.3 Å². The molecular formula is C71H43N7. The number of nitrogens with zero attached hydrogens (tertiary/aromatic N) is 7. The molecular weight excluding hydrogens is 951 g/mol. The first kappa shape index (κ1) is 45.6. The fourth-order valence-corrected chi connectivity index (χ4v) is 11.1. The van der Waals surface area contributed by atoms with Crippen molar-refractivity contribution in [1.82, 2.24) is 24.1 Å². The van der Waals surface area contributed by atoms with E-state index in [1.54, 1.807) is 0 Å². The molecule has 7 heteroatoms. The predicted octanol–water partition coefficient (Wildman–Crippen LogP) is 18.2. The molecule has 0 atom stereocenters. The minimum Gasteiger partial charge on any atom is -0.309 e. The Morgan fingerprint density at radius 3 is 1.01 bits per heavy atom. The van der Waals surface area contributed by atoms with Crippen molar-refractivity contribution in [3.8, 4) is 96.1 Å². The van der Waals surface area contributed by atoms with Crippen molar-refractivity contribution in [2.75, 3.05) is 0 Å². The fourth-order valence-electron chi connectivity index (χ4n) is 11.1. The highest BCUT2D eigenvalue weighted by Crippen LogP contribution is 2.43. The Balaban J connectivity index is 1.02. The van der Waals surface area contributed by atoms with Gasteiger partial charge in [0.2, 0.25) is 0 Å². The normalized spacial score (nSPS) is 11.3. The lowest BCUT2D eigenvalue weighted by atomic mass is 10.0. The van der Waals surface area contributed by atoms with Gasteiger partial charge in [0.25, 0.3) is 0 Å². The maximum absolute atomic E-state index is 10.6. The zero-order valence-corrected chi connectivity index (χ0v) is 42.0. The van der Waals surface area contributed by atoms with Gasteiger partial charge in [-0.1, -0.05) is 182 Å². The molecule has 0 N–H and O–H groups in total. The Bertz CT molecular complexity index is 4250. The number of rotatable bonds is 9. The maximum Gasteiger partial charge on any atom is 0.188 e. The van der Waals surface area contributed by atoms with E-state index in [-0.39, 0.29) is 0 Å². The molecule has 7 nitrogen and oxygen atoms in total. The molecule has 0 saturated carbocycles. The molecule has 0 aliphatic rings. The van der Waals surface area contributed by atoms with Crippen LogP contribution in [0.25, 0.3) is 139 Å². The third-order valence-electron chi connectivity index (χ3n) is 14.8. The monoisotopic (exact) mass is 993 g/mol. The van der Waals surface area contributed by atoms with Crippen LogP contribution in [0.4, 0.5) is 5.69 Å². The number of benzene rings is 11. The number of fused-ring (bicyclic) bond motifs is 6. The Kier molecular flexibility index (Phi) is 11.1. The summed E-state index contributed by atoms with van der Waals surface area (Å²) in [5, 5.41) is 14.9. The molecule has 362 valence electrons. The van der Waals surface area contributed by atoms with Gasteiger partial charge in [-0.25, -0.2) is 19.8 Å². The molecule has 3 aromatic heterocycles. The summed E-state index contributed by atoms with van der Waals surface area (Å²) >= 11 is 0. The summed E-state index contributed by atoms with van der Waals surface area (Å²) in [4.78, 5) is 20.1. The van der Waals surface area contributed by atoms with E-state index < -0.39 is 0 Å². The third-order valence-corrected chi connectivity index (χ3v) is 14.8. The minimum atomic E-state index is 0.379. The lowest BCUT2D eigenvalue weighted by Crippen LogP contribution is -2.06. The van der Waals surface area contributed by atoms with E-state index in [2.05, 4.69) is 190 Å². The highest BCUT2D eigenvalue weighted by Gasteiger charge is 2.24. The van der Waals surface area contributed by atoms with Gasteiger partial charge in [-0.15, -0.1) is 0 Å².